The Labute approximate surface area is 176 Å². The van der Waals surface area contributed by atoms with Gasteiger partial charge in [0, 0.05) is 38.8 Å². The third kappa shape index (κ3) is 4.73. The molecule has 1 aliphatic heterocycles. The van der Waals surface area contributed by atoms with Gasteiger partial charge in [-0.3, -0.25) is 4.79 Å². The number of benzene rings is 2. The topological polar surface area (TPSA) is 93.2 Å². The molecule has 0 aromatic heterocycles. The van der Waals surface area contributed by atoms with Gasteiger partial charge < -0.3 is 18.7 Å². The molecule has 1 saturated heterocycles. The van der Waals surface area contributed by atoms with Crippen LogP contribution in [-0.2, 0) is 19.6 Å². The number of hydrogen-bond acceptors (Lipinski definition) is 7. The third-order valence-electron chi connectivity index (χ3n) is 5.01. The highest BCUT2D eigenvalue weighted by Crippen LogP contribution is 2.25. The Kier molecular flexibility index (Phi) is 6.31. The average Bonchev–Trinajstić information content (AvgIpc) is 2.73. The fourth-order valence-electron chi connectivity index (χ4n) is 3.28. The number of piperazine rings is 1. The van der Waals surface area contributed by atoms with Gasteiger partial charge in [-0.15, -0.1) is 0 Å². The van der Waals surface area contributed by atoms with Crippen LogP contribution in [0.25, 0.3) is 0 Å². The van der Waals surface area contributed by atoms with Gasteiger partial charge in [-0.25, -0.2) is 4.79 Å². The van der Waals surface area contributed by atoms with Crippen LogP contribution in [0.2, 0.25) is 0 Å². The fraction of sp³-hybridized carbons (Fsp3) is 0.333. The minimum Gasteiger partial charge on any atom is -0.465 e. The summed E-state index contributed by atoms with van der Waals surface area (Å²) >= 11 is 0. The molecule has 2 aromatic carbocycles. The molecule has 0 radical (unpaired) electrons. The van der Waals surface area contributed by atoms with E-state index in [1.165, 1.54) is 25.3 Å². The van der Waals surface area contributed by atoms with E-state index in [2.05, 4.69) is 9.64 Å². The molecule has 8 nitrogen and oxygen atoms in total. The number of carbonyl (C=O) groups is 2. The maximum Gasteiger partial charge on any atom is 0.339 e. The number of amides is 1. The van der Waals surface area contributed by atoms with Gasteiger partial charge in [-0.1, -0.05) is 6.07 Å². The zero-order valence-electron chi connectivity index (χ0n) is 17.1. The molecule has 1 heterocycles. The lowest BCUT2D eigenvalue weighted by atomic mass is 10.1. The monoisotopic (exact) mass is 432 g/mol. The highest BCUT2D eigenvalue weighted by Gasteiger charge is 2.22. The van der Waals surface area contributed by atoms with Crippen molar-refractivity contribution in [3.8, 4) is 5.75 Å². The number of ether oxygens (including phenoxy) is 1. The van der Waals surface area contributed by atoms with E-state index in [-0.39, 0.29) is 22.1 Å². The van der Waals surface area contributed by atoms with Crippen molar-refractivity contribution in [1.82, 2.24) is 4.90 Å². The minimum absolute atomic E-state index is 0.0650. The van der Waals surface area contributed by atoms with Crippen LogP contribution in [0.15, 0.2) is 47.4 Å². The summed E-state index contributed by atoms with van der Waals surface area (Å²) in [7, 11) is -2.90. The normalized spacial score (nSPS) is 14.4. The van der Waals surface area contributed by atoms with Crippen LogP contribution in [-0.4, -0.2) is 58.5 Å². The summed E-state index contributed by atoms with van der Waals surface area (Å²) in [6.07, 6.45) is 0. The highest BCUT2D eigenvalue weighted by atomic mass is 32.2. The highest BCUT2D eigenvalue weighted by molar-refractivity contribution is 7.87. The molecule has 1 amide bonds. The van der Waals surface area contributed by atoms with Crippen molar-refractivity contribution in [2.45, 2.75) is 18.7 Å². The second-order valence-corrected chi connectivity index (χ2v) is 8.51. The molecule has 0 aliphatic carbocycles. The van der Waals surface area contributed by atoms with E-state index in [1.807, 2.05) is 0 Å². The Balaban J connectivity index is 1.74. The average molecular weight is 432 g/mol. The molecule has 30 heavy (non-hydrogen) atoms. The molecule has 3 rings (SSSR count). The molecule has 0 saturated carbocycles. The second kappa shape index (κ2) is 8.74. The molecule has 1 aliphatic rings. The molecule has 0 atom stereocenters. The predicted molar refractivity (Wildman–Crippen MR) is 111 cm³/mol. The lowest BCUT2D eigenvalue weighted by Crippen LogP contribution is -2.48. The number of esters is 1. The third-order valence-corrected chi connectivity index (χ3v) is 6.40. The van der Waals surface area contributed by atoms with Gasteiger partial charge in [0.05, 0.1) is 12.7 Å². The Morgan fingerprint density at radius 1 is 0.967 bits per heavy atom. The van der Waals surface area contributed by atoms with E-state index >= 15 is 0 Å². The van der Waals surface area contributed by atoms with Crippen LogP contribution >= 0.6 is 0 Å². The zero-order chi connectivity index (χ0) is 21.9. The molecule has 0 N–H and O–H groups in total. The minimum atomic E-state index is -4.13. The Morgan fingerprint density at radius 2 is 1.60 bits per heavy atom. The van der Waals surface area contributed by atoms with E-state index in [1.54, 1.807) is 43.0 Å². The first-order valence-electron chi connectivity index (χ1n) is 9.45. The van der Waals surface area contributed by atoms with Crippen molar-refractivity contribution in [2.24, 2.45) is 0 Å². The first-order chi connectivity index (χ1) is 14.2. The molecule has 2 aromatic rings. The van der Waals surface area contributed by atoms with Crippen LogP contribution in [0.3, 0.4) is 0 Å². The van der Waals surface area contributed by atoms with Gasteiger partial charge in [0.1, 0.15) is 10.6 Å². The summed E-state index contributed by atoms with van der Waals surface area (Å²) in [5, 5.41) is 0. The summed E-state index contributed by atoms with van der Waals surface area (Å²) in [6.45, 7) is 5.90. The maximum absolute atomic E-state index is 12.7. The summed E-state index contributed by atoms with van der Waals surface area (Å²) in [6, 6.07) is 11.0. The number of aryl methyl sites for hydroxylation is 1. The Bertz CT molecular complexity index is 1040. The van der Waals surface area contributed by atoms with Crippen LogP contribution in [0, 0.1) is 6.92 Å². The Morgan fingerprint density at radius 3 is 2.17 bits per heavy atom. The number of nitrogens with zero attached hydrogens (tertiary/aromatic N) is 2. The van der Waals surface area contributed by atoms with Crippen LogP contribution in [0.1, 0.15) is 22.8 Å². The molecule has 0 bridgehead atoms. The second-order valence-electron chi connectivity index (χ2n) is 7.00. The SMILES string of the molecule is COC(=O)c1ccc(C)c(S(=O)(=O)Oc2ccc(N3CCN(C(C)=O)CC3)cc2)c1. The number of anilines is 1. The predicted octanol–water partition coefficient (Wildman–Crippen LogP) is 2.22. The number of methoxy groups -OCH3 is 1. The largest absolute Gasteiger partial charge is 0.465 e. The summed E-state index contributed by atoms with van der Waals surface area (Å²) in [5.74, 6) is -0.389. The number of hydrogen-bond donors (Lipinski definition) is 0. The Hall–Kier alpha value is -3.07. The van der Waals surface area contributed by atoms with Gasteiger partial charge in [0.25, 0.3) is 0 Å². The molecule has 9 heteroatoms. The van der Waals surface area contributed by atoms with Crippen LogP contribution in [0.4, 0.5) is 5.69 Å². The van der Waals surface area contributed by atoms with Crippen molar-refractivity contribution in [2.75, 3.05) is 38.2 Å². The van der Waals surface area contributed by atoms with E-state index in [4.69, 9.17) is 4.18 Å². The van der Waals surface area contributed by atoms with Crippen molar-refractivity contribution in [1.29, 1.82) is 0 Å². The van der Waals surface area contributed by atoms with Crippen LogP contribution in [0.5, 0.6) is 5.75 Å². The quantitative estimate of drug-likeness (QED) is 0.528. The van der Waals surface area contributed by atoms with E-state index in [0.717, 1.165) is 5.69 Å². The van der Waals surface area contributed by atoms with Crippen molar-refractivity contribution in [3.05, 3.63) is 53.6 Å². The number of rotatable bonds is 5. The molecule has 1 fully saturated rings. The number of carbonyl (C=O) groups excluding carboxylic acids is 2. The maximum atomic E-state index is 12.7. The van der Waals surface area contributed by atoms with Gasteiger partial charge in [0.15, 0.2) is 0 Å². The van der Waals surface area contributed by atoms with Gasteiger partial charge >= 0.3 is 16.1 Å². The van der Waals surface area contributed by atoms with Crippen molar-refractivity contribution < 1.29 is 26.9 Å². The van der Waals surface area contributed by atoms with Gasteiger partial charge in [0.2, 0.25) is 5.91 Å². The van der Waals surface area contributed by atoms with Crippen molar-refractivity contribution >= 4 is 27.7 Å². The summed E-state index contributed by atoms with van der Waals surface area (Å²) in [5.41, 5.74) is 1.51. The zero-order valence-corrected chi connectivity index (χ0v) is 17.9. The van der Waals surface area contributed by atoms with Gasteiger partial charge in [-0.2, -0.15) is 8.42 Å². The summed E-state index contributed by atoms with van der Waals surface area (Å²) < 4.78 is 35.4. The van der Waals surface area contributed by atoms with Gasteiger partial charge in [-0.05, 0) is 48.9 Å². The standard InChI is InChI=1S/C21H24N2O6S/c1-15-4-5-17(21(25)28-3)14-20(15)30(26,27)29-19-8-6-18(7-9-19)23-12-10-22(11-13-23)16(2)24/h4-9,14H,10-13H2,1-3H3. The smallest absolute Gasteiger partial charge is 0.339 e. The lowest BCUT2D eigenvalue weighted by Gasteiger charge is -2.35. The van der Waals surface area contributed by atoms with Crippen LogP contribution < -0.4 is 9.08 Å². The molecule has 0 spiro atoms. The molecular weight excluding hydrogens is 408 g/mol. The van der Waals surface area contributed by atoms with E-state index in [0.29, 0.717) is 31.7 Å². The van der Waals surface area contributed by atoms with E-state index < -0.39 is 16.1 Å². The molecule has 160 valence electrons. The first-order valence-corrected chi connectivity index (χ1v) is 10.9. The first kappa shape index (κ1) is 21.6. The van der Waals surface area contributed by atoms with Crippen molar-refractivity contribution in [3.63, 3.8) is 0 Å². The fourth-order valence-corrected chi connectivity index (χ4v) is 4.47. The molecular formula is C21H24N2O6S. The van der Waals surface area contributed by atoms with E-state index in [9.17, 15) is 18.0 Å². The lowest BCUT2D eigenvalue weighted by molar-refractivity contribution is -0.129. The summed E-state index contributed by atoms with van der Waals surface area (Å²) in [4.78, 5) is 27.0. The molecule has 0 unspecified atom stereocenters.